The molecule has 1 unspecified atom stereocenters. The zero-order valence-electron chi connectivity index (χ0n) is 9.95. The van der Waals surface area contributed by atoms with Gasteiger partial charge in [-0.3, -0.25) is 0 Å². The lowest BCUT2D eigenvalue weighted by molar-refractivity contribution is 0.141. The van der Waals surface area contributed by atoms with Crippen LogP contribution in [0.5, 0.6) is 0 Å². The number of nitrogens with two attached hydrogens (primary N) is 1. The van der Waals surface area contributed by atoms with Crippen molar-refractivity contribution >= 4 is 17.6 Å². The second-order valence-corrected chi connectivity index (χ2v) is 3.45. The van der Waals surface area contributed by atoms with E-state index in [2.05, 4.69) is 20.6 Å². The number of hydrogen-bond donors (Lipinski definition) is 3. The monoisotopic (exact) mass is 225 g/mol. The van der Waals surface area contributed by atoms with Crippen molar-refractivity contribution < 1.29 is 4.74 Å². The van der Waals surface area contributed by atoms with Gasteiger partial charge < -0.3 is 21.1 Å². The third-order valence-corrected chi connectivity index (χ3v) is 1.97. The quantitative estimate of drug-likeness (QED) is 0.668. The predicted octanol–water partition coefficient (Wildman–Crippen LogP) is 0.937. The Morgan fingerprint density at radius 2 is 2.12 bits per heavy atom. The van der Waals surface area contributed by atoms with E-state index < -0.39 is 0 Å². The second kappa shape index (κ2) is 6.12. The Morgan fingerprint density at radius 3 is 2.75 bits per heavy atom. The smallest absolute Gasteiger partial charge is 0.223 e. The zero-order chi connectivity index (χ0) is 12.0. The highest BCUT2D eigenvalue weighted by Crippen LogP contribution is 2.12. The van der Waals surface area contributed by atoms with Crippen LogP contribution in [0.15, 0.2) is 6.07 Å². The summed E-state index contributed by atoms with van der Waals surface area (Å²) >= 11 is 0. The van der Waals surface area contributed by atoms with Gasteiger partial charge in [-0.1, -0.05) is 0 Å². The number of nitrogen functional groups attached to an aromatic ring is 1. The third-order valence-electron chi connectivity index (χ3n) is 1.97. The normalized spacial score (nSPS) is 12.2. The number of ether oxygens (including phenoxy) is 1. The van der Waals surface area contributed by atoms with Gasteiger partial charge in [0, 0.05) is 25.8 Å². The van der Waals surface area contributed by atoms with Gasteiger partial charge in [0.15, 0.2) is 0 Å². The predicted molar refractivity (Wildman–Crippen MR) is 65.6 cm³/mol. The lowest BCUT2D eigenvalue weighted by atomic mass is 10.3. The van der Waals surface area contributed by atoms with Crippen LogP contribution in [0.3, 0.4) is 0 Å². The molecule has 0 amide bonds. The summed E-state index contributed by atoms with van der Waals surface area (Å²) in [6.07, 6.45) is 0. The molecule has 0 aliphatic rings. The molecule has 1 atom stereocenters. The molecule has 1 aromatic rings. The van der Waals surface area contributed by atoms with Crippen molar-refractivity contribution in [1.29, 1.82) is 0 Å². The maximum atomic E-state index is 5.58. The molecule has 4 N–H and O–H groups in total. The minimum absolute atomic E-state index is 0.180. The molecule has 0 aliphatic heterocycles. The summed E-state index contributed by atoms with van der Waals surface area (Å²) in [5, 5.41) is 6.12. The van der Waals surface area contributed by atoms with Crippen molar-refractivity contribution in [2.75, 3.05) is 36.6 Å². The Balaban J connectivity index is 2.61. The van der Waals surface area contributed by atoms with E-state index in [9.17, 15) is 0 Å². The van der Waals surface area contributed by atoms with Gasteiger partial charge in [-0.15, -0.1) is 0 Å². The van der Waals surface area contributed by atoms with E-state index in [4.69, 9.17) is 10.5 Å². The Kier molecular flexibility index (Phi) is 4.78. The minimum atomic E-state index is 0.180. The van der Waals surface area contributed by atoms with Crippen LogP contribution in [0, 0.1) is 0 Å². The van der Waals surface area contributed by atoms with Crippen LogP contribution in [0.4, 0.5) is 17.6 Å². The van der Waals surface area contributed by atoms with Gasteiger partial charge in [-0.25, -0.2) is 0 Å². The Bertz CT molecular complexity index is 331. The molecule has 16 heavy (non-hydrogen) atoms. The minimum Gasteiger partial charge on any atom is -0.380 e. The lowest BCUT2D eigenvalue weighted by Gasteiger charge is -2.14. The summed E-state index contributed by atoms with van der Waals surface area (Å²) < 4.78 is 5.30. The Labute approximate surface area is 95.6 Å². The van der Waals surface area contributed by atoms with Gasteiger partial charge in [0.25, 0.3) is 0 Å². The highest BCUT2D eigenvalue weighted by atomic mass is 16.5. The first-order valence-electron chi connectivity index (χ1n) is 5.32. The standard InChI is InChI=1S/C10H19N5O/c1-4-16-6-7(2)13-9-5-8(12-3)14-10(11)15-9/h5,7H,4,6H2,1-3H3,(H4,11,12,13,14,15). The number of nitrogens with zero attached hydrogens (tertiary/aromatic N) is 2. The maximum Gasteiger partial charge on any atom is 0.223 e. The van der Waals surface area contributed by atoms with E-state index in [1.165, 1.54) is 0 Å². The SMILES string of the molecule is CCOCC(C)Nc1cc(NC)nc(N)n1. The van der Waals surface area contributed by atoms with E-state index in [0.717, 1.165) is 0 Å². The average Bonchev–Trinajstić information content (AvgIpc) is 2.25. The fourth-order valence-electron chi connectivity index (χ4n) is 1.26. The summed E-state index contributed by atoms with van der Waals surface area (Å²) in [7, 11) is 1.79. The van der Waals surface area contributed by atoms with Crippen molar-refractivity contribution in [3.05, 3.63) is 6.07 Å². The number of nitrogens with one attached hydrogen (secondary N) is 2. The lowest BCUT2D eigenvalue weighted by Crippen LogP contribution is -2.22. The van der Waals surface area contributed by atoms with Crippen molar-refractivity contribution in [2.24, 2.45) is 0 Å². The van der Waals surface area contributed by atoms with Crippen LogP contribution >= 0.6 is 0 Å². The molecule has 0 radical (unpaired) electrons. The van der Waals surface area contributed by atoms with Crippen LogP contribution in [0.25, 0.3) is 0 Å². The van der Waals surface area contributed by atoms with E-state index in [-0.39, 0.29) is 12.0 Å². The molecule has 1 heterocycles. The first-order valence-corrected chi connectivity index (χ1v) is 5.32. The van der Waals surface area contributed by atoms with E-state index >= 15 is 0 Å². The highest BCUT2D eigenvalue weighted by Gasteiger charge is 2.05. The van der Waals surface area contributed by atoms with Gasteiger partial charge >= 0.3 is 0 Å². The van der Waals surface area contributed by atoms with Gasteiger partial charge in [-0.05, 0) is 13.8 Å². The molecular weight excluding hydrogens is 206 g/mol. The molecule has 0 aliphatic carbocycles. The molecule has 0 saturated carbocycles. The Morgan fingerprint density at radius 1 is 1.44 bits per heavy atom. The molecule has 0 bridgehead atoms. The molecule has 0 fully saturated rings. The summed E-state index contributed by atoms with van der Waals surface area (Å²) in [6.45, 7) is 5.33. The summed E-state index contributed by atoms with van der Waals surface area (Å²) in [5.41, 5.74) is 5.58. The zero-order valence-corrected chi connectivity index (χ0v) is 9.95. The number of hydrogen-bond acceptors (Lipinski definition) is 6. The van der Waals surface area contributed by atoms with E-state index in [1.54, 1.807) is 13.1 Å². The van der Waals surface area contributed by atoms with Crippen molar-refractivity contribution in [1.82, 2.24) is 9.97 Å². The second-order valence-electron chi connectivity index (χ2n) is 3.45. The molecule has 90 valence electrons. The van der Waals surface area contributed by atoms with E-state index in [0.29, 0.717) is 24.8 Å². The maximum absolute atomic E-state index is 5.58. The fraction of sp³-hybridized carbons (Fsp3) is 0.600. The third kappa shape index (κ3) is 3.90. The topological polar surface area (TPSA) is 85.1 Å². The van der Waals surface area contributed by atoms with Gasteiger partial charge in [0.1, 0.15) is 11.6 Å². The molecule has 1 rings (SSSR count). The summed E-state index contributed by atoms with van der Waals surface area (Å²) in [4.78, 5) is 8.10. The molecule has 0 aromatic carbocycles. The van der Waals surface area contributed by atoms with Crippen LogP contribution in [-0.4, -0.2) is 36.3 Å². The van der Waals surface area contributed by atoms with E-state index in [1.807, 2.05) is 13.8 Å². The van der Waals surface area contributed by atoms with Crippen LogP contribution in [-0.2, 0) is 4.74 Å². The van der Waals surface area contributed by atoms with Gasteiger partial charge in [0.05, 0.1) is 6.61 Å². The molecule has 0 spiro atoms. The van der Waals surface area contributed by atoms with Crippen LogP contribution in [0.1, 0.15) is 13.8 Å². The Hall–Kier alpha value is -1.56. The first-order chi connectivity index (χ1) is 7.65. The molecule has 1 aromatic heterocycles. The van der Waals surface area contributed by atoms with Crippen molar-refractivity contribution in [2.45, 2.75) is 19.9 Å². The summed E-state index contributed by atoms with van der Waals surface area (Å²) in [5.74, 6) is 1.64. The van der Waals surface area contributed by atoms with Crippen molar-refractivity contribution in [3.8, 4) is 0 Å². The van der Waals surface area contributed by atoms with Gasteiger partial charge in [-0.2, -0.15) is 9.97 Å². The average molecular weight is 225 g/mol. The molecule has 6 heteroatoms. The van der Waals surface area contributed by atoms with Crippen molar-refractivity contribution in [3.63, 3.8) is 0 Å². The van der Waals surface area contributed by atoms with Crippen LogP contribution < -0.4 is 16.4 Å². The number of aromatic nitrogens is 2. The summed E-state index contributed by atoms with van der Waals surface area (Å²) in [6, 6.07) is 1.98. The fourth-order valence-corrected chi connectivity index (χ4v) is 1.26. The highest BCUT2D eigenvalue weighted by molar-refractivity contribution is 5.50. The number of anilines is 3. The van der Waals surface area contributed by atoms with Gasteiger partial charge in [0.2, 0.25) is 5.95 Å². The molecule has 6 nitrogen and oxygen atoms in total. The molecule has 0 saturated heterocycles. The van der Waals surface area contributed by atoms with Crippen LogP contribution in [0.2, 0.25) is 0 Å². The first kappa shape index (κ1) is 12.5. The number of rotatable bonds is 6. The largest absolute Gasteiger partial charge is 0.380 e. The molecular formula is C10H19N5O.